The van der Waals surface area contributed by atoms with Gasteiger partial charge in [-0.1, -0.05) is 39.4 Å². The molecular formula is C9H9BrN4O2S2. The second-order valence-electron chi connectivity index (χ2n) is 3.36. The average Bonchev–Trinajstić information content (AvgIpc) is 2.76. The van der Waals surface area contributed by atoms with E-state index in [0.29, 0.717) is 0 Å². The van der Waals surface area contributed by atoms with Crippen molar-refractivity contribution < 1.29 is 8.42 Å². The Morgan fingerprint density at radius 2 is 1.94 bits per heavy atom. The predicted molar refractivity (Wildman–Crippen MR) is 72.5 cm³/mol. The van der Waals surface area contributed by atoms with Gasteiger partial charge in [0.2, 0.25) is 9.47 Å². The largest absolute Gasteiger partial charge is 0.374 e. The maximum Gasteiger partial charge on any atom is 0.270 e. The van der Waals surface area contributed by atoms with Crippen molar-refractivity contribution in [1.29, 1.82) is 0 Å². The maximum atomic E-state index is 11.8. The fraction of sp³-hybridized carbons (Fsp3) is 0.111. The van der Waals surface area contributed by atoms with E-state index in [-0.39, 0.29) is 16.0 Å². The summed E-state index contributed by atoms with van der Waals surface area (Å²) in [6.45, 7) is 0.190. The molecule has 0 aliphatic carbocycles. The van der Waals surface area contributed by atoms with E-state index >= 15 is 0 Å². The van der Waals surface area contributed by atoms with Crippen LogP contribution in [-0.2, 0) is 16.6 Å². The topological polar surface area (TPSA) is 98.0 Å². The normalized spacial score (nSPS) is 11.6. The molecule has 18 heavy (non-hydrogen) atoms. The number of hydrogen-bond donors (Lipinski definition) is 2. The predicted octanol–water partition coefficient (Wildman–Crippen LogP) is 1.36. The number of rotatable bonds is 4. The van der Waals surface area contributed by atoms with E-state index in [9.17, 15) is 8.42 Å². The quantitative estimate of drug-likeness (QED) is 0.869. The van der Waals surface area contributed by atoms with E-state index in [1.807, 2.05) is 24.3 Å². The van der Waals surface area contributed by atoms with Crippen LogP contribution in [-0.4, -0.2) is 18.6 Å². The summed E-state index contributed by atoms with van der Waals surface area (Å²) in [6, 6.07) is 7.32. The first-order valence-electron chi connectivity index (χ1n) is 4.80. The van der Waals surface area contributed by atoms with Gasteiger partial charge in [-0.05, 0) is 17.7 Å². The highest BCUT2D eigenvalue weighted by molar-refractivity contribution is 9.10. The summed E-state index contributed by atoms with van der Waals surface area (Å²) in [6.07, 6.45) is 0. The first-order chi connectivity index (χ1) is 8.47. The van der Waals surface area contributed by atoms with Crippen LogP contribution in [0.5, 0.6) is 0 Å². The van der Waals surface area contributed by atoms with Crippen LogP contribution in [0.4, 0.5) is 5.13 Å². The van der Waals surface area contributed by atoms with Gasteiger partial charge in [0, 0.05) is 11.0 Å². The molecule has 0 saturated carbocycles. The molecule has 0 spiro atoms. The Balaban J connectivity index is 2.08. The SMILES string of the molecule is Nc1nnc(S(=O)(=O)NCc2ccc(Br)cc2)s1. The minimum absolute atomic E-state index is 0.124. The second-order valence-corrected chi connectivity index (χ2v) is 7.22. The number of sulfonamides is 1. The lowest BCUT2D eigenvalue weighted by molar-refractivity contribution is 0.579. The molecule has 6 nitrogen and oxygen atoms in total. The Morgan fingerprint density at radius 3 is 2.50 bits per heavy atom. The van der Waals surface area contributed by atoms with E-state index in [2.05, 4.69) is 30.8 Å². The van der Waals surface area contributed by atoms with Gasteiger partial charge >= 0.3 is 0 Å². The Bertz CT molecular complexity index is 639. The van der Waals surface area contributed by atoms with Crippen molar-refractivity contribution in [2.24, 2.45) is 0 Å². The molecule has 0 aliphatic heterocycles. The number of halogens is 1. The molecule has 0 fully saturated rings. The lowest BCUT2D eigenvalue weighted by atomic mass is 10.2. The van der Waals surface area contributed by atoms with Gasteiger partial charge in [-0.25, -0.2) is 13.1 Å². The van der Waals surface area contributed by atoms with Gasteiger partial charge in [0.1, 0.15) is 0 Å². The highest BCUT2D eigenvalue weighted by atomic mass is 79.9. The second kappa shape index (κ2) is 5.31. The van der Waals surface area contributed by atoms with Crippen molar-refractivity contribution in [2.75, 3.05) is 5.73 Å². The van der Waals surface area contributed by atoms with Crippen LogP contribution in [0.1, 0.15) is 5.56 Å². The van der Waals surface area contributed by atoms with Gasteiger partial charge in [0.25, 0.3) is 10.0 Å². The van der Waals surface area contributed by atoms with Crippen LogP contribution < -0.4 is 10.5 Å². The number of nitrogens with one attached hydrogen (secondary N) is 1. The first-order valence-corrected chi connectivity index (χ1v) is 7.90. The molecule has 2 rings (SSSR count). The van der Waals surface area contributed by atoms with Gasteiger partial charge in [-0.2, -0.15) is 0 Å². The van der Waals surface area contributed by atoms with Crippen LogP contribution in [0.25, 0.3) is 0 Å². The summed E-state index contributed by atoms with van der Waals surface area (Å²) in [7, 11) is -3.64. The summed E-state index contributed by atoms with van der Waals surface area (Å²) < 4.78 is 26.9. The number of anilines is 1. The smallest absolute Gasteiger partial charge is 0.270 e. The molecule has 0 amide bonds. The van der Waals surface area contributed by atoms with Crippen molar-refractivity contribution in [1.82, 2.24) is 14.9 Å². The van der Waals surface area contributed by atoms with Crippen molar-refractivity contribution in [3.05, 3.63) is 34.3 Å². The van der Waals surface area contributed by atoms with Gasteiger partial charge in [-0.15, -0.1) is 10.2 Å². The number of aromatic nitrogens is 2. The standard InChI is InChI=1S/C9H9BrN4O2S2/c10-7-3-1-6(2-4-7)5-12-18(15,16)9-14-13-8(11)17-9/h1-4,12H,5H2,(H2,11,13). The van der Waals surface area contributed by atoms with Gasteiger partial charge in [0.15, 0.2) is 0 Å². The Hall–Kier alpha value is -1.03. The zero-order valence-electron chi connectivity index (χ0n) is 9.00. The fourth-order valence-electron chi connectivity index (χ4n) is 1.17. The molecule has 96 valence electrons. The summed E-state index contributed by atoms with van der Waals surface area (Å²) in [5.41, 5.74) is 6.19. The monoisotopic (exact) mass is 348 g/mol. The molecule has 0 bridgehead atoms. The number of nitrogens with zero attached hydrogens (tertiary/aromatic N) is 2. The number of nitrogen functional groups attached to an aromatic ring is 1. The third-order valence-corrected chi connectivity index (χ3v) is 5.08. The van der Waals surface area contributed by atoms with Crippen LogP contribution in [0.2, 0.25) is 0 Å². The number of nitrogens with two attached hydrogens (primary N) is 1. The van der Waals surface area contributed by atoms with E-state index < -0.39 is 10.0 Å². The van der Waals surface area contributed by atoms with E-state index in [1.165, 1.54) is 0 Å². The van der Waals surface area contributed by atoms with E-state index in [4.69, 9.17) is 5.73 Å². The summed E-state index contributed by atoms with van der Waals surface area (Å²) in [5, 5.41) is 7.09. The van der Waals surface area contributed by atoms with Crippen molar-refractivity contribution >= 4 is 42.4 Å². The molecular weight excluding hydrogens is 340 g/mol. The van der Waals surface area contributed by atoms with Gasteiger partial charge in [0.05, 0.1) is 0 Å². The lowest BCUT2D eigenvalue weighted by Crippen LogP contribution is -2.23. The lowest BCUT2D eigenvalue weighted by Gasteiger charge is -2.03. The molecule has 1 heterocycles. The summed E-state index contributed by atoms with van der Waals surface area (Å²) >= 11 is 4.14. The molecule has 1 aromatic heterocycles. The Kier molecular flexibility index (Phi) is 3.95. The zero-order chi connectivity index (χ0) is 13.2. The zero-order valence-corrected chi connectivity index (χ0v) is 12.2. The number of benzene rings is 1. The molecule has 9 heteroatoms. The molecule has 0 atom stereocenters. The average molecular weight is 349 g/mol. The third kappa shape index (κ3) is 3.25. The Labute approximate surface area is 116 Å². The van der Waals surface area contributed by atoms with E-state index in [1.54, 1.807) is 0 Å². The van der Waals surface area contributed by atoms with Crippen LogP contribution in [0.15, 0.2) is 33.1 Å². The maximum absolute atomic E-state index is 11.8. The minimum Gasteiger partial charge on any atom is -0.374 e. The summed E-state index contributed by atoms with van der Waals surface area (Å²) in [5.74, 6) is 0. The third-order valence-electron chi connectivity index (χ3n) is 2.03. The summed E-state index contributed by atoms with van der Waals surface area (Å²) in [4.78, 5) is 0. The minimum atomic E-state index is -3.64. The molecule has 0 saturated heterocycles. The van der Waals surface area contributed by atoms with Crippen molar-refractivity contribution in [3.63, 3.8) is 0 Å². The van der Waals surface area contributed by atoms with Crippen molar-refractivity contribution in [3.8, 4) is 0 Å². The first kappa shape index (κ1) is 13.4. The van der Waals surface area contributed by atoms with Crippen LogP contribution in [0.3, 0.4) is 0 Å². The van der Waals surface area contributed by atoms with E-state index in [0.717, 1.165) is 21.4 Å². The Morgan fingerprint density at radius 1 is 1.28 bits per heavy atom. The van der Waals surface area contributed by atoms with Gasteiger partial charge < -0.3 is 5.73 Å². The van der Waals surface area contributed by atoms with Crippen LogP contribution in [0, 0.1) is 0 Å². The molecule has 2 aromatic rings. The molecule has 3 N–H and O–H groups in total. The fourth-order valence-corrected chi connectivity index (χ4v) is 3.28. The highest BCUT2D eigenvalue weighted by Crippen LogP contribution is 2.17. The molecule has 0 aliphatic rings. The van der Waals surface area contributed by atoms with Crippen molar-refractivity contribution in [2.45, 2.75) is 10.9 Å². The van der Waals surface area contributed by atoms with Gasteiger partial charge in [-0.3, -0.25) is 0 Å². The molecule has 1 aromatic carbocycles. The molecule has 0 radical (unpaired) electrons. The molecule has 0 unspecified atom stereocenters. The number of hydrogen-bond acceptors (Lipinski definition) is 6. The highest BCUT2D eigenvalue weighted by Gasteiger charge is 2.18. The van der Waals surface area contributed by atoms with Crippen LogP contribution >= 0.6 is 27.3 Å².